The summed E-state index contributed by atoms with van der Waals surface area (Å²) < 4.78 is 24.8. The van der Waals surface area contributed by atoms with Crippen LogP contribution in [0.2, 0.25) is 0 Å². The van der Waals surface area contributed by atoms with Gasteiger partial charge in [0.1, 0.15) is 23.0 Å². The molecule has 0 saturated carbocycles. The van der Waals surface area contributed by atoms with Crippen LogP contribution in [-0.2, 0) is 6.42 Å². The average molecular weight is 460 g/mol. The van der Waals surface area contributed by atoms with Crippen LogP contribution >= 0.6 is 0 Å². The minimum atomic E-state index is -0.458. The Balaban J connectivity index is 1.49. The molecular weight excluding hydrogens is 439 g/mol. The van der Waals surface area contributed by atoms with Gasteiger partial charge in [-0.25, -0.2) is 9.37 Å². The molecule has 0 bridgehead atoms. The van der Waals surface area contributed by atoms with Crippen LogP contribution in [0.25, 0.3) is 11.3 Å². The lowest BCUT2D eigenvalue weighted by Crippen LogP contribution is -2.18. The Morgan fingerprint density at radius 1 is 1.00 bits per heavy atom. The summed E-state index contributed by atoms with van der Waals surface area (Å²) >= 11 is 0. The molecule has 9 heteroatoms. The average Bonchev–Trinajstić information content (AvgIpc) is 3.30. The first-order valence-electron chi connectivity index (χ1n) is 10.5. The molecule has 2 N–H and O–H groups in total. The van der Waals surface area contributed by atoms with E-state index in [0.717, 1.165) is 0 Å². The standard InChI is InChI=1S/C25H21FN4O4/c1-3-21-30-22(23(34-21)15-4-6-16(26)7-5-15)25(32)29-17-8-10-18(11-9-17)33-19-12-13-28-20(14-19)24(31)27-2/h4-14H,3H2,1-2H3,(H,27,31)(H,29,32). The third-order valence-corrected chi connectivity index (χ3v) is 4.83. The molecule has 0 atom stereocenters. The molecule has 2 aromatic heterocycles. The normalized spacial score (nSPS) is 10.6. The van der Waals surface area contributed by atoms with E-state index in [2.05, 4.69) is 20.6 Å². The van der Waals surface area contributed by atoms with Crippen molar-refractivity contribution in [3.05, 3.63) is 90.0 Å². The number of carbonyl (C=O) groups excluding carboxylic acids is 2. The lowest BCUT2D eigenvalue weighted by atomic mass is 10.1. The van der Waals surface area contributed by atoms with Crippen molar-refractivity contribution >= 4 is 17.5 Å². The lowest BCUT2D eigenvalue weighted by molar-refractivity contribution is 0.0957. The van der Waals surface area contributed by atoms with Gasteiger partial charge in [-0.15, -0.1) is 0 Å². The highest BCUT2D eigenvalue weighted by Gasteiger charge is 2.21. The van der Waals surface area contributed by atoms with Crippen molar-refractivity contribution in [2.24, 2.45) is 0 Å². The molecule has 0 radical (unpaired) electrons. The number of pyridine rings is 1. The molecule has 34 heavy (non-hydrogen) atoms. The SMILES string of the molecule is CCc1nc(C(=O)Nc2ccc(Oc3ccnc(C(=O)NC)c3)cc2)c(-c2ccc(F)cc2)o1. The molecule has 8 nitrogen and oxygen atoms in total. The van der Waals surface area contributed by atoms with Gasteiger partial charge in [0.15, 0.2) is 17.3 Å². The first kappa shape index (κ1) is 22.7. The third-order valence-electron chi connectivity index (χ3n) is 4.83. The van der Waals surface area contributed by atoms with Crippen molar-refractivity contribution in [1.29, 1.82) is 0 Å². The fraction of sp³-hybridized carbons (Fsp3) is 0.120. The van der Waals surface area contributed by atoms with Crippen molar-refractivity contribution in [2.45, 2.75) is 13.3 Å². The zero-order valence-corrected chi connectivity index (χ0v) is 18.5. The molecule has 172 valence electrons. The van der Waals surface area contributed by atoms with E-state index in [4.69, 9.17) is 9.15 Å². The predicted molar refractivity (Wildman–Crippen MR) is 123 cm³/mol. The number of nitrogens with one attached hydrogen (secondary N) is 2. The van der Waals surface area contributed by atoms with Gasteiger partial charge in [0.05, 0.1) is 0 Å². The molecule has 0 fully saturated rings. The number of anilines is 1. The molecular formula is C25H21FN4O4. The minimum Gasteiger partial charge on any atom is -0.457 e. The van der Waals surface area contributed by atoms with Crippen LogP contribution in [0.1, 0.15) is 33.8 Å². The third kappa shape index (κ3) is 5.09. The van der Waals surface area contributed by atoms with Gasteiger partial charge in [-0.3, -0.25) is 14.6 Å². The number of ether oxygens (including phenoxy) is 1. The molecule has 2 aromatic carbocycles. The van der Waals surface area contributed by atoms with E-state index >= 15 is 0 Å². The largest absolute Gasteiger partial charge is 0.457 e. The summed E-state index contributed by atoms with van der Waals surface area (Å²) in [4.78, 5) is 32.9. The van der Waals surface area contributed by atoms with Gasteiger partial charge < -0.3 is 19.8 Å². The zero-order valence-electron chi connectivity index (χ0n) is 18.5. The smallest absolute Gasteiger partial charge is 0.278 e. The van der Waals surface area contributed by atoms with E-state index in [0.29, 0.717) is 35.1 Å². The van der Waals surface area contributed by atoms with Crippen LogP contribution < -0.4 is 15.4 Å². The van der Waals surface area contributed by atoms with Gasteiger partial charge in [0, 0.05) is 37.0 Å². The number of halogens is 1. The van der Waals surface area contributed by atoms with Crippen molar-refractivity contribution in [1.82, 2.24) is 15.3 Å². The molecule has 0 saturated heterocycles. The van der Waals surface area contributed by atoms with E-state index in [1.54, 1.807) is 30.3 Å². The molecule has 4 aromatic rings. The Kier molecular flexibility index (Phi) is 6.63. The second kappa shape index (κ2) is 9.95. The second-order valence-electron chi connectivity index (χ2n) is 7.18. The predicted octanol–water partition coefficient (Wildman–Crippen LogP) is 4.84. The van der Waals surface area contributed by atoms with E-state index in [1.807, 2.05) is 6.92 Å². The highest BCUT2D eigenvalue weighted by molar-refractivity contribution is 6.06. The Hall–Kier alpha value is -4.53. The highest BCUT2D eigenvalue weighted by atomic mass is 19.1. The monoisotopic (exact) mass is 460 g/mol. The number of nitrogens with zero attached hydrogens (tertiary/aromatic N) is 2. The molecule has 0 aliphatic rings. The Labute approximate surface area is 194 Å². The van der Waals surface area contributed by atoms with Crippen LogP contribution in [0.4, 0.5) is 10.1 Å². The molecule has 0 aliphatic carbocycles. The quantitative estimate of drug-likeness (QED) is 0.409. The molecule has 2 amide bonds. The summed E-state index contributed by atoms with van der Waals surface area (Å²) in [5.41, 5.74) is 1.42. The van der Waals surface area contributed by atoms with E-state index < -0.39 is 5.91 Å². The van der Waals surface area contributed by atoms with Gasteiger partial charge in [-0.2, -0.15) is 0 Å². The van der Waals surface area contributed by atoms with Crippen LogP contribution in [0.3, 0.4) is 0 Å². The first-order chi connectivity index (χ1) is 16.5. The minimum absolute atomic E-state index is 0.113. The second-order valence-corrected chi connectivity index (χ2v) is 7.18. The van der Waals surface area contributed by atoms with Crippen LogP contribution in [0, 0.1) is 5.82 Å². The fourth-order valence-electron chi connectivity index (χ4n) is 3.13. The summed E-state index contributed by atoms with van der Waals surface area (Å²) in [6.07, 6.45) is 1.99. The van der Waals surface area contributed by atoms with Crippen molar-refractivity contribution in [3.8, 4) is 22.8 Å². The first-order valence-corrected chi connectivity index (χ1v) is 10.5. The van der Waals surface area contributed by atoms with Crippen molar-refractivity contribution < 1.29 is 23.1 Å². The molecule has 2 heterocycles. The lowest BCUT2D eigenvalue weighted by Gasteiger charge is -2.09. The van der Waals surface area contributed by atoms with E-state index in [-0.39, 0.29) is 28.9 Å². The van der Waals surface area contributed by atoms with Gasteiger partial charge in [-0.1, -0.05) is 6.92 Å². The summed E-state index contributed by atoms with van der Waals surface area (Å²) in [5, 5.41) is 5.29. The van der Waals surface area contributed by atoms with Crippen LogP contribution in [0.15, 0.2) is 71.3 Å². The number of rotatable bonds is 7. The summed E-state index contributed by atoms with van der Waals surface area (Å²) in [6, 6.07) is 15.5. The number of hydrogen-bond acceptors (Lipinski definition) is 6. The number of aryl methyl sites for hydroxylation is 1. The van der Waals surface area contributed by atoms with Gasteiger partial charge in [0.25, 0.3) is 11.8 Å². The Morgan fingerprint density at radius 3 is 2.41 bits per heavy atom. The summed E-state index contributed by atoms with van der Waals surface area (Å²) in [5.74, 6) is 0.477. The molecule has 0 aliphatic heterocycles. The number of aromatic nitrogens is 2. The van der Waals surface area contributed by atoms with Crippen LogP contribution in [-0.4, -0.2) is 28.8 Å². The van der Waals surface area contributed by atoms with Gasteiger partial charge >= 0.3 is 0 Å². The molecule has 0 spiro atoms. The summed E-state index contributed by atoms with van der Waals surface area (Å²) in [6.45, 7) is 1.86. The fourth-order valence-corrected chi connectivity index (χ4v) is 3.13. The van der Waals surface area contributed by atoms with E-state index in [9.17, 15) is 14.0 Å². The maximum absolute atomic E-state index is 13.3. The Bertz CT molecular complexity index is 1320. The Morgan fingerprint density at radius 2 is 1.74 bits per heavy atom. The number of carbonyl (C=O) groups is 2. The maximum atomic E-state index is 13.3. The number of benzene rings is 2. The molecule has 0 unspecified atom stereocenters. The van der Waals surface area contributed by atoms with Gasteiger partial charge in [0.2, 0.25) is 0 Å². The highest BCUT2D eigenvalue weighted by Crippen LogP contribution is 2.27. The zero-order chi connectivity index (χ0) is 24.1. The topological polar surface area (TPSA) is 106 Å². The summed E-state index contributed by atoms with van der Waals surface area (Å²) in [7, 11) is 1.52. The van der Waals surface area contributed by atoms with Crippen molar-refractivity contribution in [2.75, 3.05) is 12.4 Å². The van der Waals surface area contributed by atoms with Crippen molar-refractivity contribution in [3.63, 3.8) is 0 Å². The maximum Gasteiger partial charge on any atom is 0.278 e. The number of oxazole rings is 1. The molecule has 4 rings (SSSR count). The number of hydrogen-bond donors (Lipinski definition) is 2. The van der Waals surface area contributed by atoms with Crippen LogP contribution in [0.5, 0.6) is 11.5 Å². The number of amides is 2. The van der Waals surface area contributed by atoms with Gasteiger partial charge in [-0.05, 0) is 54.6 Å². The van der Waals surface area contributed by atoms with E-state index in [1.165, 1.54) is 43.6 Å².